The number of ether oxygens (including phenoxy) is 2. The molecule has 1 atom stereocenters. The molecule has 2 saturated heterocycles. The topological polar surface area (TPSA) is 50.8 Å². The highest BCUT2D eigenvalue weighted by Crippen LogP contribution is 2.32. The number of carbonyl (C=O) groups is 1. The molecule has 0 aromatic heterocycles. The first-order valence-electron chi connectivity index (χ1n) is 6.12. The Labute approximate surface area is 102 Å². The Bertz CT molecular complexity index is 307. The van der Waals surface area contributed by atoms with Crippen molar-refractivity contribution < 1.29 is 14.3 Å². The summed E-state index contributed by atoms with van der Waals surface area (Å²) in [5, 5.41) is 3.21. The summed E-state index contributed by atoms with van der Waals surface area (Å²) < 4.78 is 11.1. The summed E-state index contributed by atoms with van der Waals surface area (Å²) in [6.45, 7) is 8.03. The van der Waals surface area contributed by atoms with E-state index in [0.717, 1.165) is 19.5 Å². The van der Waals surface area contributed by atoms with E-state index in [1.165, 1.54) is 0 Å². The lowest BCUT2D eigenvalue weighted by molar-refractivity contribution is -0.0367. The maximum Gasteiger partial charge on any atom is 0.410 e. The molecule has 98 valence electrons. The number of amides is 1. The predicted octanol–water partition coefficient (Wildman–Crippen LogP) is 0.984. The van der Waals surface area contributed by atoms with Crippen molar-refractivity contribution in [2.75, 3.05) is 26.7 Å². The molecule has 2 aliphatic heterocycles. The van der Waals surface area contributed by atoms with Crippen molar-refractivity contribution in [3.8, 4) is 0 Å². The molecule has 0 aliphatic carbocycles. The maximum atomic E-state index is 11.9. The first-order chi connectivity index (χ1) is 7.81. The Morgan fingerprint density at radius 2 is 2.12 bits per heavy atom. The summed E-state index contributed by atoms with van der Waals surface area (Å²) in [5.74, 6) is 0. The molecule has 2 heterocycles. The van der Waals surface area contributed by atoms with Crippen molar-refractivity contribution in [2.24, 2.45) is 0 Å². The van der Waals surface area contributed by atoms with Crippen LogP contribution in [0.4, 0.5) is 4.79 Å². The van der Waals surface area contributed by atoms with E-state index in [0.29, 0.717) is 6.61 Å². The molecule has 0 aromatic rings. The zero-order chi connectivity index (χ0) is 12.7. The van der Waals surface area contributed by atoms with E-state index in [-0.39, 0.29) is 17.7 Å². The largest absolute Gasteiger partial charge is 0.444 e. The molecule has 1 unspecified atom stereocenters. The Morgan fingerprint density at radius 3 is 2.53 bits per heavy atom. The standard InChI is InChI=1S/C12H22N2O3/c1-11(2,3)17-10(15)14(4)9-5-12(16-6-9)7-13-8-12/h9,13H,5-8H2,1-4H3. The molecular weight excluding hydrogens is 220 g/mol. The summed E-state index contributed by atoms with van der Waals surface area (Å²) in [6, 6.07) is 0.131. The molecule has 5 heteroatoms. The third-order valence-corrected chi connectivity index (χ3v) is 3.31. The molecule has 0 radical (unpaired) electrons. The summed E-state index contributed by atoms with van der Waals surface area (Å²) in [4.78, 5) is 13.6. The van der Waals surface area contributed by atoms with Gasteiger partial charge in [-0.25, -0.2) is 4.79 Å². The number of hydrogen-bond acceptors (Lipinski definition) is 4. The van der Waals surface area contributed by atoms with Crippen molar-refractivity contribution >= 4 is 6.09 Å². The van der Waals surface area contributed by atoms with Gasteiger partial charge in [-0.2, -0.15) is 0 Å². The third kappa shape index (κ3) is 2.72. The molecular formula is C12H22N2O3. The van der Waals surface area contributed by atoms with E-state index in [9.17, 15) is 4.79 Å². The fraction of sp³-hybridized carbons (Fsp3) is 0.917. The number of likely N-dealkylation sites (N-methyl/N-ethyl adjacent to an activating group) is 1. The van der Waals surface area contributed by atoms with Crippen LogP contribution in [0.5, 0.6) is 0 Å². The quantitative estimate of drug-likeness (QED) is 0.745. The summed E-state index contributed by atoms with van der Waals surface area (Å²) >= 11 is 0. The zero-order valence-electron chi connectivity index (χ0n) is 11.1. The van der Waals surface area contributed by atoms with Gasteiger partial charge in [-0.3, -0.25) is 0 Å². The Hall–Kier alpha value is -0.810. The van der Waals surface area contributed by atoms with Crippen LogP contribution in [0, 0.1) is 0 Å². The summed E-state index contributed by atoms with van der Waals surface area (Å²) in [6.07, 6.45) is 0.630. The maximum absolute atomic E-state index is 11.9. The minimum Gasteiger partial charge on any atom is -0.444 e. The van der Waals surface area contributed by atoms with Gasteiger partial charge in [0.05, 0.1) is 18.2 Å². The normalized spacial score (nSPS) is 26.7. The van der Waals surface area contributed by atoms with Crippen molar-refractivity contribution in [3.05, 3.63) is 0 Å². The monoisotopic (exact) mass is 242 g/mol. The van der Waals surface area contributed by atoms with Crippen LogP contribution in [0.1, 0.15) is 27.2 Å². The fourth-order valence-electron chi connectivity index (χ4n) is 2.20. The lowest BCUT2D eigenvalue weighted by atomic mass is 9.92. The van der Waals surface area contributed by atoms with E-state index in [4.69, 9.17) is 9.47 Å². The molecule has 1 amide bonds. The van der Waals surface area contributed by atoms with Crippen LogP contribution in [0.25, 0.3) is 0 Å². The molecule has 1 N–H and O–H groups in total. The number of nitrogens with zero attached hydrogens (tertiary/aromatic N) is 1. The number of hydrogen-bond donors (Lipinski definition) is 1. The Morgan fingerprint density at radius 1 is 1.47 bits per heavy atom. The molecule has 0 saturated carbocycles. The van der Waals surface area contributed by atoms with E-state index in [2.05, 4.69) is 5.32 Å². The average Bonchev–Trinajstić information content (AvgIpc) is 2.57. The van der Waals surface area contributed by atoms with Crippen LogP contribution < -0.4 is 5.32 Å². The number of nitrogens with one attached hydrogen (secondary N) is 1. The third-order valence-electron chi connectivity index (χ3n) is 3.31. The van der Waals surface area contributed by atoms with Gasteiger partial charge < -0.3 is 19.7 Å². The SMILES string of the molecule is CN(C(=O)OC(C)(C)C)C1COC2(CNC2)C1. The van der Waals surface area contributed by atoms with E-state index < -0.39 is 5.60 Å². The van der Waals surface area contributed by atoms with E-state index in [1.54, 1.807) is 11.9 Å². The van der Waals surface area contributed by atoms with Gasteiger partial charge in [-0.05, 0) is 20.8 Å². The highest BCUT2D eigenvalue weighted by atomic mass is 16.6. The highest BCUT2D eigenvalue weighted by molar-refractivity contribution is 5.68. The van der Waals surface area contributed by atoms with Crippen molar-refractivity contribution in [3.63, 3.8) is 0 Å². The first kappa shape index (κ1) is 12.6. The van der Waals surface area contributed by atoms with Crippen molar-refractivity contribution in [2.45, 2.75) is 44.4 Å². The lowest BCUT2D eigenvalue weighted by Gasteiger charge is -2.38. The zero-order valence-corrected chi connectivity index (χ0v) is 11.1. The van der Waals surface area contributed by atoms with Crippen LogP contribution in [0.3, 0.4) is 0 Å². The number of rotatable bonds is 1. The molecule has 0 aromatic carbocycles. The lowest BCUT2D eigenvalue weighted by Crippen LogP contribution is -2.59. The Kier molecular flexibility index (Phi) is 3.08. The van der Waals surface area contributed by atoms with Gasteiger partial charge in [0.2, 0.25) is 0 Å². The smallest absolute Gasteiger partial charge is 0.410 e. The Balaban J connectivity index is 1.88. The molecule has 2 aliphatic rings. The molecule has 2 rings (SSSR count). The first-order valence-corrected chi connectivity index (χ1v) is 6.12. The van der Waals surface area contributed by atoms with Crippen molar-refractivity contribution in [1.82, 2.24) is 10.2 Å². The fourth-order valence-corrected chi connectivity index (χ4v) is 2.20. The minimum atomic E-state index is -0.444. The van der Waals surface area contributed by atoms with E-state index in [1.807, 2.05) is 20.8 Å². The van der Waals surface area contributed by atoms with Gasteiger partial charge in [0, 0.05) is 26.6 Å². The van der Waals surface area contributed by atoms with Gasteiger partial charge >= 0.3 is 6.09 Å². The van der Waals surface area contributed by atoms with Crippen LogP contribution in [0.2, 0.25) is 0 Å². The second kappa shape index (κ2) is 4.14. The van der Waals surface area contributed by atoms with Crippen LogP contribution >= 0.6 is 0 Å². The molecule has 0 bridgehead atoms. The number of carbonyl (C=O) groups excluding carboxylic acids is 1. The van der Waals surface area contributed by atoms with Crippen LogP contribution in [0.15, 0.2) is 0 Å². The van der Waals surface area contributed by atoms with Gasteiger partial charge in [0.25, 0.3) is 0 Å². The second-order valence-corrected chi connectivity index (χ2v) is 6.05. The van der Waals surface area contributed by atoms with Crippen molar-refractivity contribution in [1.29, 1.82) is 0 Å². The molecule has 17 heavy (non-hydrogen) atoms. The van der Waals surface area contributed by atoms with Gasteiger partial charge in [-0.1, -0.05) is 0 Å². The van der Waals surface area contributed by atoms with Crippen LogP contribution in [-0.2, 0) is 9.47 Å². The minimum absolute atomic E-state index is 0.0268. The second-order valence-electron chi connectivity index (χ2n) is 6.05. The van der Waals surface area contributed by atoms with Gasteiger partial charge in [0.15, 0.2) is 0 Å². The highest BCUT2D eigenvalue weighted by Gasteiger charge is 2.47. The molecule has 1 spiro atoms. The summed E-state index contributed by atoms with van der Waals surface area (Å²) in [5.41, 5.74) is -0.471. The molecule has 5 nitrogen and oxygen atoms in total. The van der Waals surface area contributed by atoms with E-state index >= 15 is 0 Å². The predicted molar refractivity (Wildman–Crippen MR) is 64.0 cm³/mol. The summed E-state index contributed by atoms with van der Waals surface area (Å²) in [7, 11) is 1.78. The van der Waals surface area contributed by atoms with Crippen LogP contribution in [-0.4, -0.2) is 55.0 Å². The van der Waals surface area contributed by atoms with Gasteiger partial charge in [-0.15, -0.1) is 0 Å². The molecule has 2 fully saturated rings. The van der Waals surface area contributed by atoms with Gasteiger partial charge in [0.1, 0.15) is 5.60 Å². The average molecular weight is 242 g/mol.